The van der Waals surface area contributed by atoms with Gasteiger partial charge in [0.1, 0.15) is 4.90 Å². The number of terminal acetylenes is 1. The van der Waals surface area contributed by atoms with Crippen molar-refractivity contribution >= 4 is 27.3 Å². The van der Waals surface area contributed by atoms with Crippen molar-refractivity contribution < 1.29 is 8.42 Å². The Bertz CT molecular complexity index is 637. The molecule has 0 radical (unpaired) electrons. The van der Waals surface area contributed by atoms with Gasteiger partial charge in [0.25, 0.3) is 0 Å². The van der Waals surface area contributed by atoms with Gasteiger partial charge in [0.15, 0.2) is 0 Å². The summed E-state index contributed by atoms with van der Waals surface area (Å²) in [5, 5.41) is 5.79. The minimum Gasteiger partial charge on any atom is -0.367 e. The summed E-state index contributed by atoms with van der Waals surface area (Å²) in [5.41, 5.74) is 0.583. The maximum atomic E-state index is 11.7. The van der Waals surface area contributed by atoms with E-state index in [4.69, 9.17) is 23.2 Å². The summed E-state index contributed by atoms with van der Waals surface area (Å²) in [6, 6.07) is 4.90. The van der Waals surface area contributed by atoms with Crippen LogP contribution >= 0.6 is 11.6 Å². The van der Waals surface area contributed by atoms with Crippen LogP contribution in [-0.4, -0.2) is 21.0 Å². The van der Waals surface area contributed by atoms with Gasteiger partial charge in [0, 0.05) is 24.0 Å². The first-order chi connectivity index (χ1) is 9.43. The molecule has 1 saturated heterocycles. The molecule has 1 atom stereocenters. The molecule has 1 aromatic rings. The fourth-order valence-corrected chi connectivity index (χ4v) is 3.55. The Kier molecular flexibility index (Phi) is 4.59. The molecule has 6 heteroatoms. The first-order valence-electron chi connectivity index (χ1n) is 6.46. The fraction of sp³-hybridized carbons (Fsp3) is 0.429. The number of primary sulfonamides is 1. The summed E-state index contributed by atoms with van der Waals surface area (Å²) in [4.78, 5) is 2.18. The third kappa shape index (κ3) is 3.26. The number of nitrogens with two attached hydrogens (primary N) is 1. The van der Waals surface area contributed by atoms with Crippen molar-refractivity contribution in [3.05, 3.63) is 23.2 Å². The summed E-state index contributed by atoms with van der Waals surface area (Å²) < 4.78 is 23.4. The molecule has 0 spiro atoms. The highest BCUT2D eigenvalue weighted by Gasteiger charge is 2.28. The molecule has 1 heterocycles. The largest absolute Gasteiger partial charge is 0.367 e. The molecule has 0 aromatic heterocycles. The second-order valence-electron chi connectivity index (χ2n) is 4.89. The fourth-order valence-electron chi connectivity index (χ4n) is 2.66. The van der Waals surface area contributed by atoms with Gasteiger partial charge in [0.05, 0.1) is 5.69 Å². The topological polar surface area (TPSA) is 63.4 Å². The molecular formula is C14H17ClN2O2S. The van der Waals surface area contributed by atoms with Gasteiger partial charge in [-0.3, -0.25) is 0 Å². The Hall–Kier alpha value is -1.22. The van der Waals surface area contributed by atoms with E-state index in [-0.39, 0.29) is 10.9 Å². The molecule has 1 fully saturated rings. The van der Waals surface area contributed by atoms with E-state index in [1.54, 1.807) is 6.07 Å². The van der Waals surface area contributed by atoms with E-state index in [9.17, 15) is 8.42 Å². The molecule has 0 amide bonds. The molecule has 0 bridgehead atoms. The lowest BCUT2D eigenvalue weighted by Gasteiger charge is -2.28. The van der Waals surface area contributed by atoms with Gasteiger partial charge < -0.3 is 4.90 Å². The molecule has 2 N–H and O–H groups in total. The Morgan fingerprint density at radius 1 is 1.50 bits per heavy atom. The van der Waals surface area contributed by atoms with Crippen LogP contribution in [0.2, 0.25) is 5.02 Å². The number of rotatable bonds is 4. The Morgan fingerprint density at radius 2 is 2.25 bits per heavy atom. The number of hydrogen-bond donors (Lipinski definition) is 1. The summed E-state index contributed by atoms with van der Waals surface area (Å²) in [7, 11) is -3.77. The lowest BCUT2D eigenvalue weighted by molar-refractivity contribution is 0.594. The Labute approximate surface area is 125 Å². The van der Waals surface area contributed by atoms with Crippen molar-refractivity contribution in [2.75, 3.05) is 11.4 Å². The maximum Gasteiger partial charge on any atom is 0.240 e. The van der Waals surface area contributed by atoms with Gasteiger partial charge in [-0.25, -0.2) is 13.6 Å². The average Bonchev–Trinajstić information content (AvgIpc) is 2.82. The molecule has 108 valence electrons. The summed E-state index contributed by atoms with van der Waals surface area (Å²) in [6.07, 6.45) is 8.83. The molecule has 20 heavy (non-hydrogen) atoms. The van der Waals surface area contributed by atoms with Gasteiger partial charge in [0.2, 0.25) is 10.0 Å². The predicted octanol–water partition coefficient (Wildman–Crippen LogP) is 2.37. The summed E-state index contributed by atoms with van der Waals surface area (Å²) >= 11 is 6.00. The van der Waals surface area contributed by atoms with E-state index in [1.165, 1.54) is 12.1 Å². The first-order valence-corrected chi connectivity index (χ1v) is 8.38. The van der Waals surface area contributed by atoms with Crippen LogP contribution in [0.5, 0.6) is 0 Å². The van der Waals surface area contributed by atoms with Gasteiger partial charge in [-0.1, -0.05) is 11.6 Å². The zero-order valence-corrected chi connectivity index (χ0v) is 12.6. The molecule has 1 aliphatic rings. The third-order valence-electron chi connectivity index (χ3n) is 3.54. The van der Waals surface area contributed by atoms with E-state index >= 15 is 0 Å². The van der Waals surface area contributed by atoms with E-state index in [0.717, 1.165) is 25.8 Å². The number of hydrogen-bond acceptors (Lipinski definition) is 3. The SMILES string of the molecule is C#CCCC1CCCN1c1cc(Cl)ccc1S(N)(=O)=O. The maximum absolute atomic E-state index is 11.7. The number of halogens is 1. The van der Waals surface area contributed by atoms with Crippen molar-refractivity contribution in [3.8, 4) is 12.3 Å². The van der Waals surface area contributed by atoms with Crippen LogP contribution < -0.4 is 10.0 Å². The molecule has 4 nitrogen and oxygen atoms in total. The van der Waals surface area contributed by atoms with Crippen LogP contribution in [0.1, 0.15) is 25.7 Å². The zero-order valence-electron chi connectivity index (χ0n) is 11.0. The van der Waals surface area contributed by atoms with Crippen molar-refractivity contribution in [1.29, 1.82) is 0 Å². The van der Waals surface area contributed by atoms with Crippen LogP contribution in [0.15, 0.2) is 23.1 Å². The lowest BCUT2D eigenvalue weighted by Crippen LogP contribution is -2.31. The monoisotopic (exact) mass is 312 g/mol. The van der Waals surface area contributed by atoms with Crippen molar-refractivity contribution in [2.24, 2.45) is 5.14 Å². The third-order valence-corrected chi connectivity index (χ3v) is 4.73. The number of sulfonamides is 1. The standard InChI is InChI=1S/C14H17ClN2O2S/c1-2-3-5-12-6-4-9-17(12)13-10-11(15)7-8-14(13)20(16,18)19/h1,7-8,10,12H,3-6,9H2,(H2,16,18,19). The molecule has 1 unspecified atom stereocenters. The molecule has 1 aliphatic heterocycles. The van der Waals surface area contributed by atoms with Gasteiger partial charge in [-0.2, -0.15) is 0 Å². The van der Waals surface area contributed by atoms with Crippen LogP contribution in [0.3, 0.4) is 0 Å². The molecule has 0 saturated carbocycles. The number of nitrogens with zero attached hydrogens (tertiary/aromatic N) is 1. The normalized spacial score (nSPS) is 19.1. The van der Waals surface area contributed by atoms with Crippen molar-refractivity contribution in [1.82, 2.24) is 0 Å². The minimum atomic E-state index is -3.77. The lowest BCUT2D eigenvalue weighted by atomic mass is 10.1. The molecule has 0 aliphatic carbocycles. The second kappa shape index (κ2) is 6.04. The van der Waals surface area contributed by atoms with Crippen LogP contribution in [0.25, 0.3) is 0 Å². The first kappa shape index (κ1) is 15.2. The quantitative estimate of drug-likeness (QED) is 0.868. The van der Waals surface area contributed by atoms with E-state index in [1.807, 2.05) is 0 Å². The highest BCUT2D eigenvalue weighted by molar-refractivity contribution is 7.89. The predicted molar refractivity (Wildman–Crippen MR) is 81.3 cm³/mol. The van der Waals surface area contributed by atoms with Gasteiger partial charge in [-0.15, -0.1) is 12.3 Å². The second-order valence-corrected chi connectivity index (χ2v) is 6.86. The Balaban J connectivity index is 2.41. The van der Waals surface area contributed by atoms with E-state index < -0.39 is 10.0 Å². The number of anilines is 1. The zero-order chi connectivity index (χ0) is 14.8. The summed E-state index contributed by atoms with van der Waals surface area (Å²) in [6.45, 7) is 0.790. The smallest absolute Gasteiger partial charge is 0.240 e. The molecular weight excluding hydrogens is 296 g/mol. The summed E-state index contributed by atoms with van der Waals surface area (Å²) in [5.74, 6) is 2.63. The Morgan fingerprint density at radius 3 is 2.90 bits per heavy atom. The van der Waals surface area contributed by atoms with E-state index in [0.29, 0.717) is 17.1 Å². The van der Waals surface area contributed by atoms with Crippen molar-refractivity contribution in [3.63, 3.8) is 0 Å². The van der Waals surface area contributed by atoms with Crippen molar-refractivity contribution in [2.45, 2.75) is 36.6 Å². The number of benzene rings is 1. The van der Waals surface area contributed by atoms with E-state index in [2.05, 4.69) is 10.8 Å². The van der Waals surface area contributed by atoms with Crippen LogP contribution in [-0.2, 0) is 10.0 Å². The van der Waals surface area contributed by atoms with Crippen LogP contribution in [0, 0.1) is 12.3 Å². The molecule has 1 aromatic carbocycles. The molecule has 2 rings (SSSR count). The van der Waals surface area contributed by atoms with Gasteiger partial charge in [-0.05, 0) is 37.5 Å². The minimum absolute atomic E-state index is 0.120. The highest BCUT2D eigenvalue weighted by atomic mass is 35.5. The van der Waals surface area contributed by atoms with Crippen LogP contribution in [0.4, 0.5) is 5.69 Å². The highest BCUT2D eigenvalue weighted by Crippen LogP contribution is 2.34. The van der Waals surface area contributed by atoms with Gasteiger partial charge >= 0.3 is 0 Å². The average molecular weight is 313 g/mol.